The summed E-state index contributed by atoms with van der Waals surface area (Å²) in [4.78, 5) is 18.3. The summed E-state index contributed by atoms with van der Waals surface area (Å²) in [7, 11) is -4.39. The quantitative estimate of drug-likeness (QED) is 0.641. The summed E-state index contributed by atoms with van der Waals surface area (Å²) in [6.07, 6.45) is 8.94. The second-order valence-corrected chi connectivity index (χ2v) is 11.0. The van der Waals surface area contributed by atoms with Crippen molar-refractivity contribution >= 4 is 7.82 Å². The van der Waals surface area contributed by atoms with E-state index >= 15 is 0 Å². The third kappa shape index (κ3) is 2.95. The van der Waals surface area contributed by atoms with Crippen LogP contribution in [-0.2, 0) is 9.09 Å². The SMILES string of the molecule is C[C@]12CC[C@H](OP(=O)(O)O)C[C@H]1CC[C@H]1[C@H]3CC[C@@H](O)[C@@]3(C)CC[C@@H]12. The smallest absolute Gasteiger partial charge is 0.393 e. The first-order chi connectivity index (χ1) is 11.6. The van der Waals surface area contributed by atoms with Crippen molar-refractivity contribution in [3.05, 3.63) is 0 Å². The van der Waals surface area contributed by atoms with Crippen molar-refractivity contribution in [1.29, 1.82) is 0 Å². The molecular formula is C19H33O5P. The molecule has 8 atom stereocenters. The van der Waals surface area contributed by atoms with Gasteiger partial charge in [-0.1, -0.05) is 13.8 Å². The van der Waals surface area contributed by atoms with E-state index in [2.05, 4.69) is 13.8 Å². The first kappa shape index (κ1) is 18.4. The van der Waals surface area contributed by atoms with Gasteiger partial charge >= 0.3 is 7.82 Å². The monoisotopic (exact) mass is 372 g/mol. The standard InChI is InChI=1S/C19H33O5P/c1-18-9-7-13(24-25(21,22)23)11-12(18)3-4-14-15-5-6-17(20)19(15,2)10-8-16(14)18/h12-17,20H,3-11H2,1-2H3,(H2,21,22,23)/t12-,13+,14+,15-,16+,17-,18+,19+/m1/s1. The molecule has 0 amide bonds. The fraction of sp³-hybridized carbons (Fsp3) is 1.00. The maximum Gasteiger partial charge on any atom is 0.469 e. The van der Waals surface area contributed by atoms with Crippen molar-refractivity contribution in [3.8, 4) is 0 Å². The lowest BCUT2D eigenvalue weighted by molar-refractivity contribution is -0.132. The Morgan fingerprint density at radius 3 is 2.32 bits per heavy atom. The number of phosphoric ester groups is 1. The highest BCUT2D eigenvalue weighted by molar-refractivity contribution is 7.46. The van der Waals surface area contributed by atoms with Crippen molar-refractivity contribution in [3.63, 3.8) is 0 Å². The van der Waals surface area contributed by atoms with Gasteiger partial charge in [0.2, 0.25) is 0 Å². The Morgan fingerprint density at radius 1 is 0.920 bits per heavy atom. The van der Waals surface area contributed by atoms with Gasteiger partial charge in [0.15, 0.2) is 0 Å². The van der Waals surface area contributed by atoms with Crippen LogP contribution < -0.4 is 0 Å². The third-order valence-electron chi connectivity index (χ3n) is 8.85. The Balaban J connectivity index is 1.52. The lowest BCUT2D eigenvalue weighted by Crippen LogP contribution is -2.54. The molecule has 25 heavy (non-hydrogen) atoms. The Bertz CT molecular complexity index is 576. The highest BCUT2D eigenvalue weighted by atomic mass is 31.2. The predicted molar refractivity (Wildman–Crippen MR) is 94.7 cm³/mol. The molecule has 0 unspecified atom stereocenters. The Hall–Kier alpha value is 0.0700. The predicted octanol–water partition coefficient (Wildman–Crippen LogP) is 3.87. The molecular weight excluding hydrogens is 339 g/mol. The fourth-order valence-electron chi connectivity index (χ4n) is 7.48. The van der Waals surface area contributed by atoms with E-state index in [1.165, 1.54) is 19.3 Å². The lowest BCUT2D eigenvalue weighted by Gasteiger charge is -2.60. The molecule has 0 aromatic carbocycles. The zero-order valence-corrected chi connectivity index (χ0v) is 16.3. The maximum absolute atomic E-state index is 11.2. The molecule has 0 spiro atoms. The summed E-state index contributed by atoms with van der Waals surface area (Å²) in [6.45, 7) is 4.74. The molecule has 0 aromatic rings. The summed E-state index contributed by atoms with van der Waals surface area (Å²) in [6, 6.07) is 0. The van der Waals surface area contributed by atoms with E-state index < -0.39 is 7.82 Å². The molecule has 0 heterocycles. The van der Waals surface area contributed by atoms with Crippen LogP contribution in [0.4, 0.5) is 0 Å². The Labute approximate surface area is 150 Å². The Morgan fingerprint density at radius 2 is 1.60 bits per heavy atom. The molecule has 4 aliphatic carbocycles. The first-order valence-electron chi connectivity index (χ1n) is 10.1. The number of aliphatic hydroxyl groups excluding tert-OH is 1. The summed E-state index contributed by atoms with van der Waals surface area (Å²) in [5.41, 5.74) is 0.387. The van der Waals surface area contributed by atoms with Crippen LogP contribution in [0.15, 0.2) is 0 Å². The number of aliphatic hydroxyl groups is 1. The fourth-order valence-corrected chi connectivity index (χ4v) is 8.06. The van der Waals surface area contributed by atoms with Crippen molar-refractivity contribution in [1.82, 2.24) is 0 Å². The van der Waals surface area contributed by atoms with Crippen molar-refractivity contribution < 1.29 is 24.0 Å². The zero-order valence-electron chi connectivity index (χ0n) is 15.4. The number of fused-ring (bicyclic) bond motifs is 5. The van der Waals surface area contributed by atoms with E-state index in [9.17, 15) is 9.67 Å². The molecule has 3 N–H and O–H groups in total. The van der Waals surface area contributed by atoms with Crippen LogP contribution in [0.1, 0.15) is 71.6 Å². The van der Waals surface area contributed by atoms with E-state index in [-0.39, 0.29) is 23.0 Å². The van der Waals surface area contributed by atoms with Gasteiger partial charge in [-0.2, -0.15) is 0 Å². The molecule has 0 bridgehead atoms. The highest BCUT2D eigenvalue weighted by Gasteiger charge is 2.60. The van der Waals surface area contributed by atoms with Crippen molar-refractivity contribution in [2.75, 3.05) is 0 Å². The van der Waals surface area contributed by atoms with Crippen LogP contribution in [0.3, 0.4) is 0 Å². The van der Waals surface area contributed by atoms with Crippen molar-refractivity contribution in [2.24, 2.45) is 34.5 Å². The minimum atomic E-state index is -4.39. The van der Waals surface area contributed by atoms with Crippen LogP contribution in [-0.4, -0.2) is 27.1 Å². The molecule has 6 heteroatoms. The van der Waals surface area contributed by atoms with Gasteiger partial charge < -0.3 is 14.9 Å². The molecule has 0 saturated heterocycles. The van der Waals surface area contributed by atoms with Gasteiger partial charge in [0, 0.05) is 0 Å². The lowest BCUT2D eigenvalue weighted by atomic mass is 9.45. The normalized spacial score (nSPS) is 53.0. The van der Waals surface area contributed by atoms with Gasteiger partial charge in [-0.25, -0.2) is 4.57 Å². The largest absolute Gasteiger partial charge is 0.469 e. The van der Waals surface area contributed by atoms with E-state index in [4.69, 9.17) is 14.3 Å². The van der Waals surface area contributed by atoms with Gasteiger partial charge in [0.1, 0.15) is 0 Å². The average molecular weight is 372 g/mol. The van der Waals surface area contributed by atoms with Crippen LogP contribution in [0, 0.1) is 34.5 Å². The van der Waals surface area contributed by atoms with Gasteiger partial charge in [-0.05, 0) is 92.3 Å². The van der Waals surface area contributed by atoms with Gasteiger partial charge in [0.05, 0.1) is 12.2 Å². The van der Waals surface area contributed by atoms with E-state index in [0.717, 1.165) is 44.4 Å². The van der Waals surface area contributed by atoms with E-state index in [0.29, 0.717) is 17.8 Å². The van der Waals surface area contributed by atoms with E-state index in [1.807, 2.05) is 0 Å². The second kappa shape index (κ2) is 6.04. The van der Waals surface area contributed by atoms with Gasteiger partial charge in [-0.15, -0.1) is 0 Å². The molecule has 4 fully saturated rings. The minimum absolute atomic E-state index is 0.116. The summed E-state index contributed by atoms with van der Waals surface area (Å²) in [5, 5.41) is 10.5. The third-order valence-corrected chi connectivity index (χ3v) is 9.43. The molecule has 0 radical (unpaired) electrons. The number of rotatable bonds is 2. The van der Waals surface area contributed by atoms with Crippen molar-refractivity contribution in [2.45, 2.75) is 83.8 Å². The molecule has 0 aromatic heterocycles. The van der Waals surface area contributed by atoms with Crippen LogP contribution in [0.2, 0.25) is 0 Å². The van der Waals surface area contributed by atoms with Crippen LogP contribution >= 0.6 is 7.82 Å². The molecule has 4 aliphatic rings. The Kier molecular flexibility index (Phi) is 4.45. The summed E-state index contributed by atoms with van der Waals surface area (Å²) < 4.78 is 16.2. The number of phosphoric acid groups is 1. The average Bonchev–Trinajstić information content (AvgIpc) is 2.82. The molecule has 4 saturated carbocycles. The molecule has 0 aliphatic heterocycles. The van der Waals surface area contributed by atoms with Crippen LogP contribution in [0.5, 0.6) is 0 Å². The van der Waals surface area contributed by atoms with Crippen LogP contribution in [0.25, 0.3) is 0 Å². The van der Waals surface area contributed by atoms with Gasteiger partial charge in [0.25, 0.3) is 0 Å². The molecule has 4 rings (SSSR count). The minimum Gasteiger partial charge on any atom is -0.393 e. The second-order valence-electron chi connectivity index (χ2n) is 9.79. The number of hydrogen-bond acceptors (Lipinski definition) is 3. The topological polar surface area (TPSA) is 87.0 Å². The summed E-state index contributed by atoms with van der Waals surface area (Å²) >= 11 is 0. The highest BCUT2D eigenvalue weighted by Crippen LogP contribution is 2.66. The molecule has 5 nitrogen and oxygen atoms in total. The van der Waals surface area contributed by atoms with Gasteiger partial charge in [-0.3, -0.25) is 4.52 Å². The summed E-state index contributed by atoms with van der Waals surface area (Å²) in [5.74, 6) is 2.58. The zero-order chi connectivity index (χ0) is 18.0. The van der Waals surface area contributed by atoms with E-state index in [1.54, 1.807) is 0 Å². The number of hydrogen-bond donors (Lipinski definition) is 3. The first-order valence-corrected chi connectivity index (χ1v) is 11.6. The maximum atomic E-state index is 11.2. The molecule has 144 valence electrons.